The molecule has 2 heterocycles. The fourth-order valence-corrected chi connectivity index (χ4v) is 3.87. The van der Waals surface area contributed by atoms with Gasteiger partial charge in [-0.15, -0.1) is 11.3 Å². The number of aromatic nitrogens is 1. The maximum Gasteiger partial charge on any atom is 0.0807 e. The maximum absolute atomic E-state index is 10.1. The zero-order valence-corrected chi connectivity index (χ0v) is 11.7. The van der Waals surface area contributed by atoms with Crippen molar-refractivity contribution < 1.29 is 5.11 Å². The molecule has 0 bridgehead atoms. The molecule has 1 aliphatic carbocycles. The molecule has 1 N–H and O–H groups in total. The average Bonchev–Trinajstić information content (AvgIpc) is 2.96. The second-order valence-electron chi connectivity index (χ2n) is 5.16. The van der Waals surface area contributed by atoms with Crippen LogP contribution in [0, 0.1) is 6.92 Å². The van der Waals surface area contributed by atoms with E-state index in [1.807, 2.05) is 0 Å². The van der Waals surface area contributed by atoms with Crippen molar-refractivity contribution in [3.8, 4) is 0 Å². The van der Waals surface area contributed by atoms with Gasteiger partial charge in [0.25, 0.3) is 0 Å². The van der Waals surface area contributed by atoms with Crippen molar-refractivity contribution >= 4 is 11.3 Å². The summed E-state index contributed by atoms with van der Waals surface area (Å²) in [6.07, 6.45) is 2.83. The van der Waals surface area contributed by atoms with Crippen LogP contribution < -0.4 is 0 Å². The molecule has 2 aromatic heterocycles. The molecule has 2 atom stereocenters. The van der Waals surface area contributed by atoms with Gasteiger partial charge in [-0.05, 0) is 50.6 Å². The minimum Gasteiger partial charge on any atom is -0.388 e. The molecule has 0 spiro atoms. The third-order valence-electron chi connectivity index (χ3n) is 3.96. The number of hydrogen-bond donors (Lipinski definition) is 1. The lowest BCUT2D eigenvalue weighted by Crippen LogP contribution is -2.15. The zero-order chi connectivity index (χ0) is 12.7. The Bertz CT molecular complexity index is 541. The lowest BCUT2D eigenvalue weighted by Gasteiger charge is -2.23. The highest BCUT2D eigenvalue weighted by Crippen LogP contribution is 2.36. The zero-order valence-electron chi connectivity index (χ0n) is 10.9. The van der Waals surface area contributed by atoms with Crippen molar-refractivity contribution in [3.05, 3.63) is 45.4 Å². The molecule has 3 heteroatoms. The van der Waals surface area contributed by atoms with Gasteiger partial charge < -0.3 is 9.67 Å². The van der Waals surface area contributed by atoms with Crippen molar-refractivity contribution in [1.82, 2.24) is 4.57 Å². The molecular weight excluding hydrogens is 242 g/mol. The molecular formula is C15H19NOS. The van der Waals surface area contributed by atoms with Crippen LogP contribution in [0.4, 0.5) is 0 Å². The van der Waals surface area contributed by atoms with Gasteiger partial charge in [0.1, 0.15) is 0 Å². The van der Waals surface area contributed by atoms with Crippen LogP contribution in [-0.2, 0) is 6.42 Å². The lowest BCUT2D eigenvalue weighted by molar-refractivity contribution is 0.155. The Hall–Kier alpha value is -1.06. The van der Waals surface area contributed by atoms with E-state index in [1.54, 1.807) is 11.3 Å². The summed E-state index contributed by atoms with van der Waals surface area (Å²) in [5, 5.41) is 12.2. The third kappa shape index (κ3) is 1.82. The number of rotatable bonds is 2. The van der Waals surface area contributed by atoms with Gasteiger partial charge in [0.15, 0.2) is 0 Å². The summed E-state index contributed by atoms with van der Waals surface area (Å²) >= 11 is 1.81. The van der Waals surface area contributed by atoms with Gasteiger partial charge in [-0.1, -0.05) is 6.07 Å². The standard InChI is InChI=1S/C15H19NOS/c1-10-9-12-13(5-3-6-14(12)17)16(10)11(2)15-7-4-8-18-15/h4,7-9,11,14,17H,3,5-6H2,1-2H3. The number of thiophene rings is 1. The third-order valence-corrected chi connectivity index (χ3v) is 5.00. The van der Waals surface area contributed by atoms with E-state index in [9.17, 15) is 5.11 Å². The van der Waals surface area contributed by atoms with E-state index in [0.717, 1.165) is 24.8 Å². The van der Waals surface area contributed by atoms with E-state index < -0.39 is 0 Å². The lowest BCUT2D eigenvalue weighted by atomic mass is 9.95. The van der Waals surface area contributed by atoms with Crippen LogP contribution in [0.2, 0.25) is 0 Å². The van der Waals surface area contributed by atoms with Gasteiger partial charge in [0, 0.05) is 21.8 Å². The van der Waals surface area contributed by atoms with Crippen LogP contribution in [0.25, 0.3) is 0 Å². The second-order valence-corrected chi connectivity index (χ2v) is 6.14. The summed E-state index contributed by atoms with van der Waals surface area (Å²) in [6.45, 7) is 4.40. The first-order valence-corrected chi connectivity index (χ1v) is 7.48. The highest BCUT2D eigenvalue weighted by atomic mass is 32.1. The van der Waals surface area contributed by atoms with E-state index in [0.29, 0.717) is 6.04 Å². The second kappa shape index (κ2) is 4.56. The molecule has 0 saturated carbocycles. The van der Waals surface area contributed by atoms with Gasteiger partial charge in [-0.3, -0.25) is 0 Å². The van der Waals surface area contributed by atoms with Crippen LogP contribution in [0.5, 0.6) is 0 Å². The van der Waals surface area contributed by atoms with Crippen molar-refractivity contribution in [2.75, 3.05) is 0 Å². The molecule has 2 unspecified atom stereocenters. The smallest absolute Gasteiger partial charge is 0.0807 e. The van der Waals surface area contributed by atoms with Gasteiger partial charge in [0.2, 0.25) is 0 Å². The van der Waals surface area contributed by atoms with E-state index in [2.05, 4.69) is 42.0 Å². The Morgan fingerprint density at radius 2 is 2.33 bits per heavy atom. The number of aliphatic hydroxyl groups is 1. The van der Waals surface area contributed by atoms with Crippen molar-refractivity contribution in [3.63, 3.8) is 0 Å². The van der Waals surface area contributed by atoms with Crippen molar-refractivity contribution in [2.24, 2.45) is 0 Å². The van der Waals surface area contributed by atoms with E-state index in [-0.39, 0.29) is 6.10 Å². The first-order valence-electron chi connectivity index (χ1n) is 6.60. The quantitative estimate of drug-likeness (QED) is 0.873. The molecule has 18 heavy (non-hydrogen) atoms. The van der Waals surface area contributed by atoms with Crippen molar-refractivity contribution in [2.45, 2.75) is 45.3 Å². The highest BCUT2D eigenvalue weighted by Gasteiger charge is 2.25. The topological polar surface area (TPSA) is 25.2 Å². The molecule has 96 valence electrons. The Kier molecular flexibility index (Phi) is 3.04. The molecule has 0 radical (unpaired) electrons. The number of fused-ring (bicyclic) bond motifs is 1. The largest absolute Gasteiger partial charge is 0.388 e. The van der Waals surface area contributed by atoms with Crippen LogP contribution in [0.3, 0.4) is 0 Å². The SMILES string of the molecule is Cc1cc2c(n1C(C)c1cccs1)CCCC2O. The van der Waals surface area contributed by atoms with Crippen LogP contribution in [0.15, 0.2) is 23.6 Å². The van der Waals surface area contributed by atoms with Gasteiger partial charge in [-0.25, -0.2) is 0 Å². The summed E-state index contributed by atoms with van der Waals surface area (Å²) in [5.74, 6) is 0. The molecule has 0 saturated heterocycles. The summed E-state index contributed by atoms with van der Waals surface area (Å²) in [4.78, 5) is 1.39. The first kappa shape index (κ1) is 12.0. The molecule has 0 fully saturated rings. The van der Waals surface area contributed by atoms with E-state index >= 15 is 0 Å². The molecule has 0 aliphatic heterocycles. The van der Waals surface area contributed by atoms with Gasteiger partial charge in [0.05, 0.1) is 12.1 Å². The fraction of sp³-hybridized carbons (Fsp3) is 0.467. The molecule has 0 aromatic carbocycles. The Morgan fingerprint density at radius 3 is 3.06 bits per heavy atom. The minimum absolute atomic E-state index is 0.260. The minimum atomic E-state index is -0.260. The average molecular weight is 261 g/mol. The Morgan fingerprint density at radius 1 is 1.50 bits per heavy atom. The molecule has 2 aromatic rings. The monoisotopic (exact) mass is 261 g/mol. The number of aryl methyl sites for hydroxylation is 1. The molecule has 0 amide bonds. The van der Waals surface area contributed by atoms with Crippen molar-refractivity contribution in [1.29, 1.82) is 0 Å². The first-order chi connectivity index (χ1) is 8.68. The molecule has 2 nitrogen and oxygen atoms in total. The fourth-order valence-electron chi connectivity index (χ4n) is 3.10. The Labute approximate surface area is 112 Å². The van der Waals surface area contributed by atoms with E-state index in [4.69, 9.17) is 0 Å². The number of hydrogen-bond acceptors (Lipinski definition) is 2. The predicted octanol–water partition coefficient (Wildman–Crippen LogP) is 3.84. The Balaban J connectivity index is 2.07. The van der Waals surface area contributed by atoms with Crippen LogP contribution in [-0.4, -0.2) is 9.67 Å². The summed E-state index contributed by atoms with van der Waals surface area (Å²) in [6, 6.07) is 6.85. The van der Waals surface area contributed by atoms with Crippen LogP contribution >= 0.6 is 11.3 Å². The van der Waals surface area contributed by atoms with Gasteiger partial charge in [-0.2, -0.15) is 0 Å². The van der Waals surface area contributed by atoms with E-state index in [1.165, 1.54) is 16.3 Å². The predicted molar refractivity (Wildman–Crippen MR) is 75.2 cm³/mol. The maximum atomic E-state index is 10.1. The molecule has 3 rings (SSSR count). The summed E-state index contributed by atoms with van der Waals surface area (Å²) in [5.41, 5.74) is 3.76. The summed E-state index contributed by atoms with van der Waals surface area (Å²) in [7, 11) is 0. The highest BCUT2D eigenvalue weighted by molar-refractivity contribution is 7.10. The normalized spacial score (nSPS) is 20.7. The number of aliphatic hydroxyl groups excluding tert-OH is 1. The number of nitrogens with zero attached hydrogens (tertiary/aromatic N) is 1. The van der Waals surface area contributed by atoms with Gasteiger partial charge >= 0.3 is 0 Å². The molecule has 1 aliphatic rings. The summed E-state index contributed by atoms with van der Waals surface area (Å²) < 4.78 is 2.41. The van der Waals surface area contributed by atoms with Crippen LogP contribution in [0.1, 0.15) is 53.7 Å².